The van der Waals surface area contributed by atoms with E-state index in [1.165, 1.54) is 5.56 Å². The highest BCUT2D eigenvalue weighted by Crippen LogP contribution is 2.17. The fourth-order valence-corrected chi connectivity index (χ4v) is 3.56. The van der Waals surface area contributed by atoms with E-state index in [4.69, 9.17) is 11.5 Å². The van der Waals surface area contributed by atoms with Crippen LogP contribution in [-0.4, -0.2) is 48.4 Å². The van der Waals surface area contributed by atoms with Crippen LogP contribution in [0.15, 0.2) is 24.3 Å². The Morgan fingerprint density at radius 1 is 1.14 bits per heavy atom. The molecule has 8 nitrogen and oxygen atoms in total. The van der Waals surface area contributed by atoms with Crippen molar-refractivity contribution in [1.82, 2.24) is 10.2 Å². The van der Waals surface area contributed by atoms with E-state index in [-0.39, 0.29) is 17.7 Å². The number of nitrogens with one attached hydrogen (secondary N) is 2. The lowest BCUT2D eigenvalue weighted by Gasteiger charge is -2.30. The van der Waals surface area contributed by atoms with Crippen LogP contribution < -0.4 is 22.1 Å². The molecule has 160 valence electrons. The van der Waals surface area contributed by atoms with Crippen LogP contribution in [0.1, 0.15) is 44.6 Å². The van der Waals surface area contributed by atoms with Gasteiger partial charge < -0.3 is 27.0 Å². The largest absolute Gasteiger partial charge is 0.369 e. The van der Waals surface area contributed by atoms with Crippen LogP contribution in [0.25, 0.3) is 0 Å². The Kier molecular flexibility index (Phi) is 8.92. The Labute approximate surface area is 172 Å². The highest BCUT2D eigenvalue weighted by Gasteiger charge is 2.22. The number of hydrogen-bond acceptors (Lipinski definition) is 4. The molecule has 1 aromatic rings. The van der Waals surface area contributed by atoms with Crippen molar-refractivity contribution in [2.75, 3.05) is 25.0 Å². The van der Waals surface area contributed by atoms with Gasteiger partial charge in [-0.1, -0.05) is 31.9 Å². The molecule has 1 saturated heterocycles. The third-order valence-corrected chi connectivity index (χ3v) is 5.41. The Morgan fingerprint density at radius 2 is 1.79 bits per heavy atom. The third kappa shape index (κ3) is 7.73. The van der Waals surface area contributed by atoms with Gasteiger partial charge in [0.25, 0.3) is 0 Å². The molecule has 2 rings (SSSR count). The van der Waals surface area contributed by atoms with Crippen molar-refractivity contribution in [3.8, 4) is 0 Å². The molecule has 0 aliphatic carbocycles. The van der Waals surface area contributed by atoms with E-state index in [9.17, 15) is 14.4 Å². The lowest BCUT2D eigenvalue weighted by atomic mass is 9.96. The summed E-state index contributed by atoms with van der Waals surface area (Å²) in [5.41, 5.74) is 12.4. The molecule has 1 aliphatic heterocycles. The number of amides is 4. The molecule has 1 aliphatic rings. The second kappa shape index (κ2) is 11.4. The molecule has 0 radical (unpaired) electrons. The maximum atomic E-state index is 12.4. The lowest BCUT2D eigenvalue weighted by molar-refractivity contribution is -0.123. The van der Waals surface area contributed by atoms with E-state index < -0.39 is 12.1 Å². The predicted octanol–water partition coefficient (Wildman–Crippen LogP) is 1.59. The second-order valence-electron chi connectivity index (χ2n) is 7.66. The van der Waals surface area contributed by atoms with E-state index in [1.54, 1.807) is 0 Å². The summed E-state index contributed by atoms with van der Waals surface area (Å²) in [4.78, 5) is 37.1. The van der Waals surface area contributed by atoms with Gasteiger partial charge in [-0.2, -0.15) is 0 Å². The van der Waals surface area contributed by atoms with Crippen molar-refractivity contribution in [2.24, 2.45) is 17.4 Å². The topological polar surface area (TPSA) is 131 Å². The highest BCUT2D eigenvalue weighted by atomic mass is 16.2. The molecule has 1 heterocycles. The first kappa shape index (κ1) is 22.7. The van der Waals surface area contributed by atoms with Crippen LogP contribution in [0.3, 0.4) is 0 Å². The van der Waals surface area contributed by atoms with Gasteiger partial charge >= 0.3 is 6.03 Å². The number of hydrogen-bond donors (Lipinski definition) is 4. The minimum atomic E-state index is -0.698. The van der Waals surface area contributed by atoms with Crippen molar-refractivity contribution < 1.29 is 14.4 Å². The zero-order chi connectivity index (χ0) is 21.2. The van der Waals surface area contributed by atoms with E-state index in [2.05, 4.69) is 15.5 Å². The van der Waals surface area contributed by atoms with E-state index in [0.717, 1.165) is 51.7 Å². The number of rotatable bonds is 10. The number of carbonyl (C=O) groups excluding carboxylic acids is 3. The monoisotopic (exact) mass is 403 g/mol. The van der Waals surface area contributed by atoms with Gasteiger partial charge in [0.2, 0.25) is 11.8 Å². The maximum Gasteiger partial charge on any atom is 0.312 e. The Morgan fingerprint density at radius 3 is 2.34 bits per heavy atom. The molecule has 8 heteroatoms. The van der Waals surface area contributed by atoms with Crippen molar-refractivity contribution in [1.29, 1.82) is 0 Å². The number of piperidine rings is 1. The molecular weight excluding hydrogens is 370 g/mol. The number of benzene rings is 1. The SMILES string of the molecule is CCCCC(NC(N)=O)C(=O)Nc1ccc(CCN2CCC(C(N)=O)CC2)cc1. The van der Waals surface area contributed by atoms with Gasteiger partial charge in [-0.15, -0.1) is 0 Å². The second-order valence-corrected chi connectivity index (χ2v) is 7.66. The number of anilines is 1. The van der Waals surface area contributed by atoms with Gasteiger partial charge in [-0.3, -0.25) is 9.59 Å². The Bertz CT molecular complexity index is 684. The molecule has 1 atom stereocenters. The Balaban J connectivity index is 1.81. The smallest absolute Gasteiger partial charge is 0.312 e. The first-order valence-corrected chi connectivity index (χ1v) is 10.4. The predicted molar refractivity (Wildman–Crippen MR) is 113 cm³/mol. The van der Waals surface area contributed by atoms with Crippen LogP contribution in [0.2, 0.25) is 0 Å². The molecule has 6 N–H and O–H groups in total. The molecular formula is C21H33N5O3. The third-order valence-electron chi connectivity index (χ3n) is 5.41. The molecule has 1 unspecified atom stereocenters. The normalized spacial score (nSPS) is 16.2. The van der Waals surface area contributed by atoms with E-state index in [1.807, 2.05) is 31.2 Å². The number of carbonyl (C=O) groups is 3. The first-order valence-electron chi connectivity index (χ1n) is 10.4. The number of nitrogens with two attached hydrogens (primary N) is 2. The quantitative estimate of drug-likeness (QED) is 0.472. The summed E-state index contributed by atoms with van der Waals surface area (Å²) in [5.74, 6) is -0.438. The molecule has 0 bridgehead atoms. The van der Waals surface area contributed by atoms with Crippen LogP contribution in [0.4, 0.5) is 10.5 Å². The van der Waals surface area contributed by atoms with Crippen molar-refractivity contribution >= 4 is 23.5 Å². The summed E-state index contributed by atoms with van der Waals surface area (Å²) < 4.78 is 0. The van der Waals surface area contributed by atoms with Crippen LogP contribution in [-0.2, 0) is 16.0 Å². The van der Waals surface area contributed by atoms with E-state index in [0.29, 0.717) is 12.1 Å². The van der Waals surface area contributed by atoms with Crippen LogP contribution >= 0.6 is 0 Å². The fraction of sp³-hybridized carbons (Fsp3) is 0.571. The minimum absolute atomic E-state index is 0.0133. The summed E-state index contributed by atoms with van der Waals surface area (Å²) in [7, 11) is 0. The average Bonchev–Trinajstić information content (AvgIpc) is 2.70. The number of urea groups is 1. The summed E-state index contributed by atoms with van der Waals surface area (Å²) in [6.45, 7) is 4.75. The van der Waals surface area contributed by atoms with Crippen LogP contribution in [0.5, 0.6) is 0 Å². The molecule has 4 amide bonds. The summed E-state index contributed by atoms with van der Waals surface area (Å²) in [6.07, 6.45) is 4.87. The summed E-state index contributed by atoms with van der Waals surface area (Å²) in [5, 5.41) is 5.35. The fourth-order valence-electron chi connectivity index (χ4n) is 3.56. The lowest BCUT2D eigenvalue weighted by Crippen LogP contribution is -2.46. The average molecular weight is 404 g/mol. The Hall–Kier alpha value is -2.61. The molecule has 0 saturated carbocycles. The molecule has 1 aromatic carbocycles. The zero-order valence-electron chi connectivity index (χ0n) is 17.2. The number of nitrogens with zero attached hydrogens (tertiary/aromatic N) is 1. The highest BCUT2D eigenvalue weighted by molar-refractivity contribution is 5.96. The minimum Gasteiger partial charge on any atom is -0.369 e. The van der Waals surface area contributed by atoms with Crippen molar-refractivity contribution in [3.63, 3.8) is 0 Å². The molecule has 1 fully saturated rings. The molecule has 0 aromatic heterocycles. The van der Waals surface area contributed by atoms with E-state index >= 15 is 0 Å². The van der Waals surface area contributed by atoms with Crippen molar-refractivity contribution in [2.45, 2.75) is 51.5 Å². The van der Waals surface area contributed by atoms with Gasteiger partial charge in [0.1, 0.15) is 6.04 Å². The summed E-state index contributed by atoms with van der Waals surface area (Å²) in [6, 6.07) is 6.40. The van der Waals surface area contributed by atoms with Crippen molar-refractivity contribution in [3.05, 3.63) is 29.8 Å². The molecule has 29 heavy (non-hydrogen) atoms. The molecule has 0 spiro atoms. The van der Waals surface area contributed by atoms with Gasteiger partial charge in [-0.25, -0.2) is 4.79 Å². The summed E-state index contributed by atoms with van der Waals surface area (Å²) >= 11 is 0. The number of unbranched alkanes of at least 4 members (excludes halogenated alkanes) is 1. The first-order chi connectivity index (χ1) is 13.9. The maximum absolute atomic E-state index is 12.4. The number of likely N-dealkylation sites (tertiary alicyclic amines) is 1. The number of primary amides is 2. The van der Waals surface area contributed by atoms with Gasteiger partial charge in [-0.05, 0) is 56.5 Å². The van der Waals surface area contributed by atoms with Gasteiger partial charge in [0.15, 0.2) is 0 Å². The van der Waals surface area contributed by atoms with Gasteiger partial charge in [0.05, 0.1) is 0 Å². The zero-order valence-corrected chi connectivity index (χ0v) is 17.2. The standard InChI is InChI=1S/C21H33N5O3/c1-2-3-4-18(25-21(23)29)20(28)24-17-7-5-15(6-8-17)9-12-26-13-10-16(11-14-26)19(22)27/h5-8,16,18H,2-4,9-14H2,1H3,(H2,22,27)(H,24,28)(H3,23,25,29). The van der Waals surface area contributed by atoms with Crippen LogP contribution in [0, 0.1) is 5.92 Å². The van der Waals surface area contributed by atoms with Gasteiger partial charge in [0, 0.05) is 18.2 Å².